The molecule has 0 saturated heterocycles. The standard InChI is InChI=1S/C85H64N4O24.CH4/c1-5-49-9-21-57(22-10-49)86-73(94)65-29-17-53(33-69(65)77(86)98)81(102)110-41-61(90)37-106-45-85(46-107-38-62(91)42-111-82(103)54-18-30-66-70(34-54)78(99)87(74(66)95)58-23-11-50(6-2)12-24-58,47-108-39-63(92)43-112-83(104)55-19-31-67-71(35-55)79(100)88(75(67)96)59-25-13-51(7-3)14-26-59)48-109-40-64(93)44-113-84(105)56-20-32-68-72(36-56)80(101)89(76(68)97)60-27-15-52(8-4)16-28-60;/h1-4,9-36,61-64,90-93H,37-48H2;1H4. The van der Waals surface area contributed by atoms with Gasteiger partial charge >= 0.3 is 23.9 Å². The number of benzene rings is 8. The molecule has 4 N–H and O–H groups in total. The molecule has 4 unspecified atom stereocenters. The summed E-state index contributed by atoms with van der Waals surface area (Å²) < 4.78 is 45.8. The van der Waals surface area contributed by atoms with Crippen LogP contribution >= 0.6 is 0 Å². The Morgan fingerprint density at radius 1 is 0.289 bits per heavy atom. The first kappa shape index (κ1) is 81.1. The molecule has 8 amide bonds. The largest absolute Gasteiger partial charge is 0.459 e. The van der Waals surface area contributed by atoms with Crippen molar-refractivity contribution >= 4 is 93.9 Å². The maximum atomic E-state index is 13.6. The molecular weight excluding hydrogens is 1470 g/mol. The minimum absolute atomic E-state index is 0. The van der Waals surface area contributed by atoms with Crippen LogP contribution in [0, 0.1) is 54.8 Å². The Morgan fingerprint density at radius 3 is 0.658 bits per heavy atom. The van der Waals surface area contributed by atoms with Crippen molar-refractivity contribution in [2.75, 3.05) is 98.9 Å². The highest BCUT2D eigenvalue weighted by molar-refractivity contribution is 6.37. The molecule has 576 valence electrons. The number of aliphatic hydroxyl groups excluding tert-OH is 4. The third-order valence-electron chi connectivity index (χ3n) is 18.2. The van der Waals surface area contributed by atoms with Gasteiger partial charge in [-0.15, -0.1) is 25.7 Å². The minimum atomic E-state index is -1.66. The SMILES string of the molecule is C.C#Cc1ccc(N2C(=O)c3ccc(C(=O)OCC(O)COCC(COCC(O)COC(=O)c4ccc5c(c4)C(=O)N(c4ccc(C#C)cc4)C5=O)(COCC(O)COC(=O)c4ccc5c(c4)C(=O)N(c4ccc(C#C)cc4)C5=O)COCC(O)COC(=O)c4ccc5c(c4)C(=O)N(c4ccc(C#C)cc4)C5=O)cc3C2=O)cc1. The van der Waals surface area contributed by atoms with Gasteiger partial charge in [0.1, 0.15) is 50.8 Å². The number of hydrogen-bond donors (Lipinski definition) is 4. The molecule has 0 fully saturated rings. The van der Waals surface area contributed by atoms with Crippen LogP contribution in [0.25, 0.3) is 0 Å². The van der Waals surface area contributed by atoms with Gasteiger partial charge in [0.05, 0.1) is 148 Å². The zero-order valence-electron chi connectivity index (χ0n) is 59.5. The Kier molecular flexibility index (Phi) is 25.2. The van der Waals surface area contributed by atoms with Crippen LogP contribution in [0.15, 0.2) is 170 Å². The molecule has 28 nitrogen and oxygen atoms in total. The molecular formula is C86H68N4O24. The Morgan fingerprint density at radius 2 is 0.474 bits per heavy atom. The van der Waals surface area contributed by atoms with E-state index in [1.807, 2.05) is 0 Å². The Labute approximate surface area is 651 Å². The minimum Gasteiger partial charge on any atom is -0.459 e. The number of terminal acetylenes is 4. The fourth-order valence-electron chi connectivity index (χ4n) is 12.3. The molecule has 0 radical (unpaired) electrons. The number of carbonyl (C=O) groups excluding carboxylic acids is 12. The van der Waals surface area contributed by atoms with E-state index in [9.17, 15) is 78.0 Å². The Balaban J connectivity index is 0.0000128. The average molecular weight is 1540 g/mol. The van der Waals surface area contributed by atoms with E-state index in [2.05, 4.69) is 23.7 Å². The van der Waals surface area contributed by atoms with Crippen LogP contribution in [0.5, 0.6) is 0 Å². The number of amides is 8. The molecule has 4 aliphatic heterocycles. The molecule has 4 atom stereocenters. The van der Waals surface area contributed by atoms with Crippen LogP contribution in [0.2, 0.25) is 0 Å². The summed E-state index contributed by atoms with van der Waals surface area (Å²) in [5.74, 6) is 0.233. The van der Waals surface area contributed by atoms with Gasteiger partial charge in [-0.1, -0.05) is 31.1 Å². The predicted molar refractivity (Wildman–Crippen MR) is 405 cm³/mol. The summed E-state index contributed by atoms with van der Waals surface area (Å²) in [6, 6.07) is 39.1. The third kappa shape index (κ3) is 17.5. The van der Waals surface area contributed by atoms with Gasteiger partial charge in [0, 0.05) is 22.3 Å². The summed E-state index contributed by atoms with van der Waals surface area (Å²) in [5, 5.41) is 45.0. The highest BCUT2D eigenvalue weighted by Crippen LogP contribution is 2.35. The molecule has 12 rings (SSSR count). The van der Waals surface area contributed by atoms with Gasteiger partial charge in [-0.3, -0.25) is 38.4 Å². The van der Waals surface area contributed by atoms with Crippen molar-refractivity contribution in [1.29, 1.82) is 0 Å². The number of ether oxygens (including phenoxy) is 8. The van der Waals surface area contributed by atoms with E-state index in [4.69, 9.17) is 63.6 Å². The molecule has 28 heteroatoms. The van der Waals surface area contributed by atoms with E-state index >= 15 is 0 Å². The first-order valence-corrected chi connectivity index (χ1v) is 34.5. The number of anilines is 4. The molecule has 8 aromatic carbocycles. The molecule has 0 bridgehead atoms. The summed E-state index contributed by atoms with van der Waals surface area (Å²) in [4.78, 5) is 165. The third-order valence-corrected chi connectivity index (χ3v) is 18.2. The normalized spacial score (nSPS) is 14.7. The maximum Gasteiger partial charge on any atom is 0.338 e. The van der Waals surface area contributed by atoms with Crippen LogP contribution in [-0.2, 0) is 37.9 Å². The lowest BCUT2D eigenvalue weighted by Crippen LogP contribution is -2.44. The van der Waals surface area contributed by atoms with Crippen LogP contribution in [0.3, 0.4) is 0 Å². The van der Waals surface area contributed by atoms with Crippen molar-refractivity contribution in [2.45, 2.75) is 31.8 Å². The number of carbonyl (C=O) groups is 12. The van der Waals surface area contributed by atoms with Crippen molar-refractivity contribution < 1.29 is 116 Å². The van der Waals surface area contributed by atoms with Crippen molar-refractivity contribution in [2.24, 2.45) is 5.41 Å². The lowest BCUT2D eigenvalue weighted by atomic mass is 9.92. The van der Waals surface area contributed by atoms with E-state index < -0.39 is 180 Å². The summed E-state index contributed by atoms with van der Waals surface area (Å²) in [5.41, 5.74) is 0.256. The van der Waals surface area contributed by atoms with Crippen molar-refractivity contribution in [3.8, 4) is 49.4 Å². The summed E-state index contributed by atoms with van der Waals surface area (Å²) in [7, 11) is 0. The average Bonchev–Trinajstić information content (AvgIpc) is 1.63. The lowest BCUT2D eigenvalue weighted by Gasteiger charge is -2.34. The lowest BCUT2D eigenvalue weighted by molar-refractivity contribution is -0.137. The molecule has 4 aliphatic rings. The van der Waals surface area contributed by atoms with Crippen molar-refractivity contribution in [3.63, 3.8) is 0 Å². The van der Waals surface area contributed by atoms with Gasteiger partial charge in [-0.2, -0.15) is 0 Å². The summed E-state index contributed by atoms with van der Waals surface area (Å²) in [6.45, 7) is -7.50. The van der Waals surface area contributed by atoms with Gasteiger partial charge in [0.25, 0.3) is 47.3 Å². The summed E-state index contributed by atoms with van der Waals surface area (Å²) in [6.07, 6.45) is 15.5. The predicted octanol–water partition coefficient (Wildman–Crippen LogP) is 6.67. The smallest absolute Gasteiger partial charge is 0.338 e. The number of fused-ring (bicyclic) bond motifs is 4. The van der Waals surface area contributed by atoms with E-state index in [0.29, 0.717) is 22.3 Å². The number of aliphatic hydroxyl groups is 4. The number of nitrogens with zero attached hydrogens (tertiary/aromatic N) is 4. The second-order valence-corrected chi connectivity index (χ2v) is 26.2. The first-order valence-electron chi connectivity index (χ1n) is 34.5. The van der Waals surface area contributed by atoms with Gasteiger partial charge in [-0.25, -0.2) is 38.8 Å². The van der Waals surface area contributed by atoms with Crippen molar-refractivity contribution in [3.05, 3.63) is 259 Å². The van der Waals surface area contributed by atoms with Gasteiger partial charge in [0.15, 0.2) is 0 Å². The molecule has 0 aromatic heterocycles. The van der Waals surface area contributed by atoms with Gasteiger partial charge in [-0.05, 0) is 170 Å². The molecule has 0 spiro atoms. The Bertz CT molecular complexity index is 4710. The zero-order valence-corrected chi connectivity index (χ0v) is 59.5. The Hall–Kier alpha value is -13.9. The van der Waals surface area contributed by atoms with E-state index in [0.717, 1.165) is 19.6 Å². The number of hydrogen-bond acceptors (Lipinski definition) is 24. The quantitative estimate of drug-likeness (QED) is 0.0148. The van der Waals surface area contributed by atoms with E-state index in [1.165, 1.54) is 121 Å². The molecule has 0 saturated carbocycles. The maximum absolute atomic E-state index is 13.6. The molecule has 0 aliphatic carbocycles. The van der Waals surface area contributed by atoms with Crippen LogP contribution in [-0.4, -0.2) is 195 Å². The van der Waals surface area contributed by atoms with Crippen LogP contribution in [0.1, 0.15) is 154 Å². The van der Waals surface area contributed by atoms with Gasteiger partial charge < -0.3 is 58.3 Å². The molecule has 4 heterocycles. The van der Waals surface area contributed by atoms with Gasteiger partial charge in [0.2, 0.25) is 0 Å². The zero-order chi connectivity index (χ0) is 80.4. The second-order valence-electron chi connectivity index (χ2n) is 26.2. The monoisotopic (exact) mass is 1540 g/mol. The number of esters is 4. The van der Waals surface area contributed by atoms with Crippen LogP contribution in [0.4, 0.5) is 22.7 Å². The molecule has 8 aromatic rings. The number of imide groups is 4. The van der Waals surface area contributed by atoms with Crippen LogP contribution < -0.4 is 19.6 Å². The highest BCUT2D eigenvalue weighted by atomic mass is 16.6. The highest BCUT2D eigenvalue weighted by Gasteiger charge is 2.42. The van der Waals surface area contributed by atoms with E-state index in [-0.39, 0.29) is 96.9 Å². The fourth-order valence-corrected chi connectivity index (χ4v) is 12.3. The first-order chi connectivity index (χ1) is 54.4. The van der Waals surface area contributed by atoms with E-state index in [1.54, 1.807) is 48.5 Å². The van der Waals surface area contributed by atoms with Crippen molar-refractivity contribution in [1.82, 2.24) is 0 Å². The summed E-state index contributed by atoms with van der Waals surface area (Å²) >= 11 is 0. The second kappa shape index (κ2) is 35.4. The number of rotatable bonds is 32. The molecule has 114 heavy (non-hydrogen) atoms. The topological polar surface area (TPSA) is 373 Å². The fraction of sp³-hybridized carbons (Fsp3) is 0.209.